The Morgan fingerprint density at radius 2 is 1.76 bits per heavy atom. The van der Waals surface area contributed by atoms with Gasteiger partial charge < -0.3 is 10.6 Å². The summed E-state index contributed by atoms with van der Waals surface area (Å²) >= 11 is 1.74. The van der Waals surface area contributed by atoms with Crippen molar-refractivity contribution in [3.63, 3.8) is 0 Å². The van der Waals surface area contributed by atoms with Crippen molar-refractivity contribution in [2.75, 3.05) is 38.5 Å². The average molecular weight is 361 g/mol. The molecule has 0 unspecified atom stereocenters. The third-order valence-electron chi connectivity index (χ3n) is 6.03. The van der Waals surface area contributed by atoms with Gasteiger partial charge in [0.1, 0.15) is 0 Å². The Kier molecular flexibility index (Phi) is 5.86. The van der Waals surface area contributed by atoms with Gasteiger partial charge >= 0.3 is 0 Å². The van der Waals surface area contributed by atoms with Gasteiger partial charge in [-0.15, -0.1) is 0 Å². The Labute approximate surface area is 156 Å². The highest BCUT2D eigenvalue weighted by atomic mass is 32.2. The number of nitrogen functional groups attached to an aromatic ring is 1. The zero-order valence-corrected chi connectivity index (χ0v) is 16.0. The summed E-state index contributed by atoms with van der Waals surface area (Å²) in [6.45, 7) is 6.52. The molecule has 1 heterocycles. The number of hydrogen-bond acceptors (Lipinski definition) is 5. The quantitative estimate of drug-likeness (QED) is 0.602. The minimum Gasteiger partial charge on any atom is -0.399 e. The first-order valence-electron chi connectivity index (χ1n) is 10.0. The topological polar surface area (TPSA) is 44.5 Å². The van der Waals surface area contributed by atoms with Crippen LogP contribution in [0.5, 0.6) is 0 Å². The van der Waals surface area contributed by atoms with Crippen molar-refractivity contribution < 1.29 is 0 Å². The largest absolute Gasteiger partial charge is 0.399 e. The fourth-order valence-electron chi connectivity index (χ4n) is 4.26. The molecule has 1 aromatic rings. The molecule has 1 aliphatic heterocycles. The van der Waals surface area contributed by atoms with Crippen LogP contribution in [0, 0.1) is 5.92 Å². The van der Waals surface area contributed by atoms with Gasteiger partial charge in [-0.2, -0.15) is 0 Å². The van der Waals surface area contributed by atoms with Gasteiger partial charge in [-0.3, -0.25) is 9.62 Å². The smallest absolute Gasteiger partial charge is 0.0325 e. The molecule has 1 aromatic carbocycles. The fraction of sp³-hybridized carbons (Fsp3) is 0.700. The molecule has 138 valence electrons. The summed E-state index contributed by atoms with van der Waals surface area (Å²) in [7, 11) is 0. The number of benzene rings is 1. The molecule has 3 fully saturated rings. The van der Waals surface area contributed by atoms with E-state index in [9.17, 15) is 0 Å². The number of nitrogens with one attached hydrogen (secondary N) is 1. The summed E-state index contributed by atoms with van der Waals surface area (Å²) in [6.07, 6.45) is 8.23. The van der Waals surface area contributed by atoms with Crippen molar-refractivity contribution in [2.24, 2.45) is 5.92 Å². The maximum Gasteiger partial charge on any atom is 0.0325 e. The molecule has 0 radical (unpaired) electrons. The molecular formula is C20H32N4S. The van der Waals surface area contributed by atoms with E-state index in [4.69, 9.17) is 5.73 Å². The summed E-state index contributed by atoms with van der Waals surface area (Å²) in [5.74, 6) is 1.03. The second-order valence-electron chi connectivity index (χ2n) is 8.08. The summed E-state index contributed by atoms with van der Waals surface area (Å²) in [5.41, 5.74) is 6.70. The van der Waals surface area contributed by atoms with Crippen LogP contribution in [-0.2, 0) is 0 Å². The Bertz CT molecular complexity index is 546. The zero-order valence-electron chi connectivity index (χ0n) is 15.2. The second kappa shape index (κ2) is 8.30. The first kappa shape index (κ1) is 17.7. The van der Waals surface area contributed by atoms with Gasteiger partial charge in [0.05, 0.1) is 0 Å². The molecule has 4 nitrogen and oxygen atoms in total. The highest BCUT2D eigenvalue weighted by Crippen LogP contribution is 2.31. The van der Waals surface area contributed by atoms with Crippen LogP contribution in [0.25, 0.3) is 0 Å². The summed E-state index contributed by atoms with van der Waals surface area (Å²) in [4.78, 5) is 6.68. The number of rotatable bonds is 6. The van der Waals surface area contributed by atoms with E-state index in [1.807, 2.05) is 18.2 Å². The molecule has 5 heteroatoms. The van der Waals surface area contributed by atoms with Gasteiger partial charge in [-0.05, 0) is 74.6 Å². The predicted octanol–water partition coefficient (Wildman–Crippen LogP) is 3.20. The highest BCUT2D eigenvalue weighted by molar-refractivity contribution is 7.97. The van der Waals surface area contributed by atoms with E-state index in [0.717, 1.165) is 17.6 Å². The Morgan fingerprint density at radius 3 is 2.44 bits per heavy atom. The Hall–Kier alpha value is -0.750. The van der Waals surface area contributed by atoms with Crippen molar-refractivity contribution in [3.05, 3.63) is 24.3 Å². The van der Waals surface area contributed by atoms with Crippen molar-refractivity contribution >= 4 is 17.6 Å². The summed E-state index contributed by atoms with van der Waals surface area (Å²) in [5, 5.41) is 0. The van der Waals surface area contributed by atoms with E-state index < -0.39 is 0 Å². The number of anilines is 1. The molecular weight excluding hydrogens is 328 g/mol. The standard InChI is InChI=1S/C20H32N4S/c21-17-2-1-3-20(14-17)25-22-18-6-8-19(9-7-18)24-12-10-23(11-13-24)15-16-4-5-16/h1-3,14,16,18-19,22H,4-13,15,21H2. The molecule has 1 saturated heterocycles. The SMILES string of the molecule is Nc1cccc(SNC2CCC(N3CCN(CC4CC4)CC3)CC2)c1. The van der Waals surface area contributed by atoms with Crippen molar-refractivity contribution in [3.8, 4) is 0 Å². The lowest BCUT2D eigenvalue weighted by Crippen LogP contribution is -2.52. The Morgan fingerprint density at radius 1 is 1.00 bits per heavy atom. The summed E-state index contributed by atoms with van der Waals surface area (Å²) in [6, 6.07) is 9.60. The number of piperazine rings is 1. The van der Waals surface area contributed by atoms with Crippen LogP contribution in [0.4, 0.5) is 5.69 Å². The molecule has 0 bridgehead atoms. The van der Waals surface area contributed by atoms with E-state index in [0.29, 0.717) is 6.04 Å². The van der Waals surface area contributed by atoms with E-state index >= 15 is 0 Å². The maximum atomic E-state index is 5.86. The average Bonchev–Trinajstić information content (AvgIpc) is 3.45. The first-order valence-corrected chi connectivity index (χ1v) is 10.8. The van der Waals surface area contributed by atoms with Crippen LogP contribution in [-0.4, -0.2) is 54.6 Å². The molecule has 4 rings (SSSR count). The maximum absolute atomic E-state index is 5.86. The van der Waals surface area contributed by atoms with E-state index in [-0.39, 0.29) is 0 Å². The van der Waals surface area contributed by atoms with Gasteiger partial charge in [0.2, 0.25) is 0 Å². The molecule has 25 heavy (non-hydrogen) atoms. The van der Waals surface area contributed by atoms with E-state index in [1.54, 1.807) is 11.9 Å². The molecule has 3 aliphatic rings. The van der Waals surface area contributed by atoms with Gasteiger partial charge in [0.25, 0.3) is 0 Å². The van der Waals surface area contributed by atoms with Crippen LogP contribution in [0.1, 0.15) is 38.5 Å². The van der Waals surface area contributed by atoms with Gasteiger partial charge in [-0.1, -0.05) is 6.07 Å². The molecule has 0 spiro atoms. The third-order valence-corrected chi connectivity index (χ3v) is 6.98. The minimum absolute atomic E-state index is 0.638. The van der Waals surface area contributed by atoms with E-state index in [1.165, 1.54) is 76.1 Å². The Balaban J connectivity index is 1.16. The number of nitrogens with zero attached hydrogens (tertiary/aromatic N) is 2. The molecule has 3 N–H and O–H groups in total. The van der Waals surface area contributed by atoms with E-state index in [2.05, 4.69) is 20.6 Å². The minimum atomic E-state index is 0.638. The zero-order chi connectivity index (χ0) is 17.1. The van der Waals surface area contributed by atoms with Crippen molar-refractivity contribution in [1.29, 1.82) is 0 Å². The predicted molar refractivity (Wildman–Crippen MR) is 107 cm³/mol. The molecule has 0 aromatic heterocycles. The third kappa shape index (κ3) is 5.13. The normalized spacial score (nSPS) is 29.0. The van der Waals surface area contributed by atoms with Gasteiger partial charge in [0.15, 0.2) is 0 Å². The van der Waals surface area contributed by atoms with Gasteiger partial charge in [0, 0.05) is 55.4 Å². The molecule has 2 saturated carbocycles. The molecule has 0 amide bonds. The lowest BCUT2D eigenvalue weighted by Gasteiger charge is -2.42. The fourth-order valence-corrected chi connectivity index (χ4v) is 5.14. The first-order chi connectivity index (χ1) is 12.3. The second-order valence-corrected chi connectivity index (χ2v) is 8.99. The number of hydrogen-bond donors (Lipinski definition) is 2. The van der Waals surface area contributed by atoms with Crippen molar-refractivity contribution in [1.82, 2.24) is 14.5 Å². The van der Waals surface area contributed by atoms with Crippen LogP contribution < -0.4 is 10.5 Å². The monoisotopic (exact) mass is 360 g/mol. The van der Waals surface area contributed by atoms with Crippen LogP contribution in [0.3, 0.4) is 0 Å². The van der Waals surface area contributed by atoms with Crippen LogP contribution >= 0.6 is 11.9 Å². The lowest BCUT2D eigenvalue weighted by molar-refractivity contribution is 0.0736. The van der Waals surface area contributed by atoms with Gasteiger partial charge in [-0.25, -0.2) is 0 Å². The van der Waals surface area contributed by atoms with Crippen LogP contribution in [0.2, 0.25) is 0 Å². The van der Waals surface area contributed by atoms with Crippen LogP contribution in [0.15, 0.2) is 29.2 Å². The summed E-state index contributed by atoms with van der Waals surface area (Å²) < 4.78 is 3.66. The van der Waals surface area contributed by atoms with Crippen molar-refractivity contribution in [2.45, 2.75) is 55.5 Å². The number of nitrogens with two attached hydrogens (primary N) is 1. The molecule has 2 aliphatic carbocycles. The highest BCUT2D eigenvalue weighted by Gasteiger charge is 2.30. The lowest BCUT2D eigenvalue weighted by atomic mass is 9.90. The molecule has 0 atom stereocenters.